The maximum atomic E-state index is 6.45. The van der Waals surface area contributed by atoms with Crippen LogP contribution in [0.4, 0.5) is 28.4 Å². The average Bonchev–Trinajstić information content (AvgIpc) is 1.59. The van der Waals surface area contributed by atoms with Gasteiger partial charge in [0.25, 0.3) is 0 Å². The number of rotatable bonds is 13. The highest BCUT2D eigenvalue weighted by molar-refractivity contribution is 8.00. The van der Waals surface area contributed by atoms with Crippen molar-refractivity contribution in [1.82, 2.24) is 34.1 Å². The number of thioether (sulfide) groups is 1. The zero-order valence-corrected chi connectivity index (χ0v) is 80.4. The number of nitrogens with zero attached hydrogens (tertiary/aromatic N) is 9. The Hall–Kier alpha value is -18.2. The molecule has 20 aromatic carbocycles. The minimum atomic E-state index is 0.180. The monoisotopic (exact) mass is 1910 g/mol. The molecule has 145 heavy (non-hydrogen) atoms. The smallest absolute Gasteiger partial charge is 0.235 e. The van der Waals surface area contributed by atoms with E-state index < -0.39 is 0 Å². The number of thiophene rings is 2. The standard InChI is InChI=1S/C64H40N2S3.C34H21N3O.C33H22N4O/c1-4-14-39(15-5-1)45-32-46(40-16-6-2-7-17-40)34-48(33-45)66-56-29-25-42(38-54(56)64-62(66)50-21-11-13-23-58(50)69-64)44-27-31-60-52(36-44)51-35-43(26-30-59(51)67-60)41-24-28-55-53(37-41)63-61(49-20-10-12-22-57(49)68-63)65(55)47-18-8-3-9-19-47;1-3-11-22(12-4-1)27-21-28(23-13-5-2-6-14-23)36-34(35-27)37-29-17-9-7-16-26(29)32-30(37)20-19-25-24-15-8-10-18-31(24)38-33(25)32;1-3-11-23(12-4-1)31-34-32(24-13-5-2-6-14-24)36-33(35-31)25-19-21-26(22-20-25)37-27-15-7-9-17-29(27)38-30-18-10-8-16-28(30)37/h1-38,62,64H;1-21H;1-22H. The van der Waals surface area contributed by atoms with E-state index in [1.165, 1.54) is 129 Å². The first-order valence-electron chi connectivity index (χ1n) is 48.8. The van der Waals surface area contributed by atoms with E-state index in [0.717, 1.165) is 112 Å². The summed E-state index contributed by atoms with van der Waals surface area (Å²) in [5, 5.41) is 9.91. The van der Waals surface area contributed by atoms with Crippen LogP contribution in [0.3, 0.4) is 0 Å². The Morgan fingerprint density at radius 1 is 0.255 bits per heavy atom. The van der Waals surface area contributed by atoms with Crippen LogP contribution in [0.25, 0.3) is 208 Å². The molecule has 3 aliphatic heterocycles. The highest BCUT2D eigenvalue weighted by atomic mass is 32.2. The second-order valence-electron chi connectivity index (χ2n) is 36.8. The molecule has 2 unspecified atom stereocenters. The largest absolute Gasteiger partial charge is 0.455 e. The van der Waals surface area contributed by atoms with Gasteiger partial charge < -0.3 is 23.5 Å². The quantitative estimate of drug-likeness (QED) is 0.111. The van der Waals surface area contributed by atoms with Gasteiger partial charge in [0.15, 0.2) is 29.0 Å². The van der Waals surface area contributed by atoms with E-state index >= 15 is 0 Å². The zero-order valence-electron chi connectivity index (χ0n) is 78.0. The van der Waals surface area contributed by atoms with Crippen LogP contribution < -0.4 is 14.5 Å². The number of ether oxygens (including phenoxy) is 1. The molecule has 11 nitrogen and oxygen atoms in total. The van der Waals surface area contributed by atoms with Crippen LogP contribution >= 0.6 is 34.4 Å². The van der Waals surface area contributed by atoms with Gasteiger partial charge in [-0.25, -0.2) is 24.9 Å². The lowest BCUT2D eigenvalue weighted by Gasteiger charge is -2.32. The van der Waals surface area contributed by atoms with Crippen LogP contribution in [-0.2, 0) is 0 Å². The molecule has 7 aromatic heterocycles. The van der Waals surface area contributed by atoms with Crippen molar-refractivity contribution in [2.24, 2.45) is 0 Å². The van der Waals surface area contributed by atoms with Gasteiger partial charge >= 0.3 is 0 Å². The van der Waals surface area contributed by atoms with Crippen molar-refractivity contribution >= 4 is 158 Å². The highest BCUT2D eigenvalue weighted by Crippen LogP contribution is 2.65. The van der Waals surface area contributed by atoms with E-state index in [0.29, 0.717) is 23.4 Å². The maximum absolute atomic E-state index is 6.45. The average molecular weight is 1910 g/mol. The normalized spacial score (nSPS) is 13.4. The van der Waals surface area contributed by atoms with E-state index in [1.807, 2.05) is 180 Å². The van der Waals surface area contributed by atoms with Gasteiger partial charge in [0, 0.05) is 107 Å². The Bertz CT molecular complexity index is 9520. The van der Waals surface area contributed by atoms with Crippen LogP contribution in [0, 0.1) is 0 Å². The van der Waals surface area contributed by atoms with Gasteiger partial charge in [-0.2, -0.15) is 0 Å². The lowest BCUT2D eigenvalue weighted by Crippen LogP contribution is -2.19. The second kappa shape index (κ2) is 35.6. The maximum Gasteiger partial charge on any atom is 0.235 e. The second-order valence-corrected chi connectivity index (χ2v) is 40.1. The summed E-state index contributed by atoms with van der Waals surface area (Å²) in [5.74, 6) is 4.21. The van der Waals surface area contributed by atoms with Crippen molar-refractivity contribution in [3.05, 3.63) is 503 Å². The third-order valence-corrected chi connectivity index (χ3v) is 32.0. The number of hydrogen-bond donors (Lipinski definition) is 0. The first-order valence-corrected chi connectivity index (χ1v) is 51.3. The molecule has 0 amide bonds. The van der Waals surface area contributed by atoms with E-state index in [9.17, 15) is 0 Å². The highest BCUT2D eigenvalue weighted by Gasteiger charge is 2.47. The van der Waals surface area contributed by atoms with Crippen LogP contribution in [-0.4, -0.2) is 34.1 Å². The fourth-order valence-corrected chi connectivity index (χ4v) is 25.2. The first kappa shape index (κ1) is 84.9. The van der Waals surface area contributed by atoms with Gasteiger partial charge in [0.2, 0.25) is 5.95 Å². The molecule has 14 heteroatoms. The van der Waals surface area contributed by atoms with Crippen LogP contribution in [0.5, 0.6) is 11.5 Å². The molecular formula is C131H83N9O2S3. The molecular weight excluding hydrogens is 1830 g/mol. The molecule has 30 rings (SSSR count). The van der Waals surface area contributed by atoms with Crippen molar-refractivity contribution in [3.63, 3.8) is 0 Å². The molecule has 2 atom stereocenters. The third-order valence-electron chi connectivity index (χ3n) is 28.2. The van der Waals surface area contributed by atoms with Crippen molar-refractivity contribution in [2.75, 3.05) is 9.80 Å². The predicted molar refractivity (Wildman–Crippen MR) is 603 cm³/mol. The molecule has 3 aliphatic rings. The van der Waals surface area contributed by atoms with Crippen molar-refractivity contribution in [3.8, 4) is 124 Å². The minimum Gasteiger partial charge on any atom is -0.455 e. The molecule has 0 N–H and O–H groups in total. The molecule has 27 aromatic rings. The number of furan rings is 1. The number of fused-ring (bicyclic) bond motifs is 22. The summed E-state index contributed by atoms with van der Waals surface area (Å²) in [6.07, 6.45) is 0. The molecule has 10 heterocycles. The van der Waals surface area contributed by atoms with Gasteiger partial charge in [0.1, 0.15) is 11.2 Å². The van der Waals surface area contributed by atoms with Crippen molar-refractivity contribution in [2.45, 2.75) is 16.2 Å². The first-order chi connectivity index (χ1) is 71.9. The van der Waals surface area contributed by atoms with E-state index in [-0.39, 0.29) is 11.3 Å². The lowest BCUT2D eigenvalue weighted by molar-refractivity contribution is 0.477. The molecule has 0 aliphatic carbocycles. The van der Waals surface area contributed by atoms with E-state index in [4.69, 9.17) is 34.1 Å². The van der Waals surface area contributed by atoms with E-state index in [1.54, 1.807) is 0 Å². The molecule has 0 spiro atoms. The predicted octanol–water partition coefficient (Wildman–Crippen LogP) is 36.3. The van der Waals surface area contributed by atoms with E-state index in [2.05, 4.69) is 365 Å². The number of para-hydroxylation sites is 7. The summed E-state index contributed by atoms with van der Waals surface area (Å²) in [5.41, 5.74) is 32.4. The van der Waals surface area contributed by atoms with Crippen LogP contribution in [0.1, 0.15) is 22.4 Å². The van der Waals surface area contributed by atoms with Gasteiger partial charge in [-0.3, -0.25) is 4.57 Å². The Labute approximate surface area is 847 Å². The Balaban J connectivity index is 0.000000114. The summed E-state index contributed by atoms with van der Waals surface area (Å²) in [6.45, 7) is 0. The molecule has 682 valence electrons. The SMILES string of the molecule is c1ccc(-c2cc(-c3ccccc3)cc(N3c4ccc(-c5ccc6sc7ccc(-c8ccc9c(c8)c8sc%10ccccc%10c8n9-c8ccccc8)cc7c6c5)cc4C4Sc5ccccc5C43)c2)cc1.c1ccc(-c2cc(-c3ccccc3)nc(-n3c4ccccc4c4c5oc6ccccc6c5ccc43)n2)cc1.c1ccc(-c2nc(-c3ccccc3)nc(-c3ccc(N4c5ccccc5Oc5ccccc54)cc3)n2)cc1. The van der Waals surface area contributed by atoms with Gasteiger partial charge in [0.05, 0.1) is 66.2 Å². The minimum absolute atomic E-state index is 0.180. The molecule has 0 fully saturated rings. The number of aromatic nitrogens is 7. The zero-order chi connectivity index (χ0) is 95.5. The molecule has 0 saturated heterocycles. The molecule has 0 saturated carbocycles. The Morgan fingerprint density at radius 2 is 0.717 bits per heavy atom. The Kier molecular flexibility index (Phi) is 20.8. The molecule has 0 bridgehead atoms. The van der Waals surface area contributed by atoms with Crippen LogP contribution in [0.15, 0.2) is 501 Å². The summed E-state index contributed by atoms with van der Waals surface area (Å²) in [6, 6.07) is 174. The summed E-state index contributed by atoms with van der Waals surface area (Å²) >= 11 is 5.81. The Morgan fingerprint density at radius 3 is 1.33 bits per heavy atom. The van der Waals surface area contributed by atoms with Gasteiger partial charge in [-0.05, 0) is 225 Å². The summed E-state index contributed by atoms with van der Waals surface area (Å²) in [4.78, 5) is 31.0. The lowest BCUT2D eigenvalue weighted by atomic mass is 9.96. The fraction of sp³-hybridized carbons (Fsp3) is 0.0153. The number of anilines is 5. The van der Waals surface area contributed by atoms with Crippen molar-refractivity contribution in [1.29, 1.82) is 0 Å². The van der Waals surface area contributed by atoms with Gasteiger partial charge in [-0.1, -0.05) is 322 Å². The molecule has 0 radical (unpaired) electrons. The topological polar surface area (TPSA) is 103 Å². The summed E-state index contributed by atoms with van der Waals surface area (Å²) < 4.78 is 22.5. The van der Waals surface area contributed by atoms with Crippen molar-refractivity contribution < 1.29 is 9.15 Å². The number of hydrogen-bond acceptors (Lipinski definition) is 12. The fourth-order valence-electron chi connectivity index (χ4n) is 21.5. The third kappa shape index (κ3) is 15.0. The number of benzene rings is 20. The van der Waals surface area contributed by atoms with Gasteiger partial charge in [-0.15, -0.1) is 34.4 Å². The van der Waals surface area contributed by atoms with Crippen LogP contribution in [0.2, 0.25) is 0 Å². The summed E-state index contributed by atoms with van der Waals surface area (Å²) in [7, 11) is 0.